The first kappa shape index (κ1) is 52.5. The van der Waals surface area contributed by atoms with Crippen molar-refractivity contribution in [1.29, 1.82) is 0 Å². The maximum Gasteiger partial charge on any atom is 0.252 e. The monoisotopic (exact) mass is 1150 g/mol. The molecular formula is C81H55BN8. The van der Waals surface area contributed by atoms with E-state index >= 15 is 0 Å². The maximum absolute atomic E-state index is 5.56. The van der Waals surface area contributed by atoms with Gasteiger partial charge in [-0.1, -0.05) is 211 Å². The fourth-order valence-corrected chi connectivity index (χ4v) is 13.6. The van der Waals surface area contributed by atoms with Crippen LogP contribution in [0.15, 0.2) is 297 Å². The second-order valence-corrected chi connectivity index (χ2v) is 23.4. The van der Waals surface area contributed by atoms with Crippen LogP contribution in [-0.4, -0.2) is 36.2 Å². The number of anilines is 6. The third kappa shape index (κ3) is 8.97. The maximum atomic E-state index is 5.56. The van der Waals surface area contributed by atoms with Crippen molar-refractivity contribution in [1.82, 2.24) is 29.5 Å². The fraction of sp³-hybridized carbons (Fsp3) is 0.0247. The van der Waals surface area contributed by atoms with Crippen LogP contribution in [0.25, 0.3) is 107 Å². The number of hydrogen-bond donors (Lipinski definition) is 0. The van der Waals surface area contributed by atoms with E-state index in [4.69, 9.17) is 24.9 Å². The van der Waals surface area contributed by atoms with Gasteiger partial charge in [0.2, 0.25) is 0 Å². The van der Waals surface area contributed by atoms with E-state index in [-0.39, 0.29) is 6.71 Å². The van der Waals surface area contributed by atoms with E-state index in [2.05, 4.69) is 271 Å². The molecule has 2 aliphatic rings. The Balaban J connectivity index is 0.812. The third-order valence-corrected chi connectivity index (χ3v) is 17.7. The Bertz CT molecular complexity index is 5170. The standard InChI is InChI=1S/C81H55BN8/c1-52-37-44-70-63(47-52)64-48-53(2)38-45-71(64)90(70)72-46-41-59(69-51-68(55-21-7-3-8-22-55)83-78(84-69)56-23-9-4-10-24-56)50-65(72)81-86-79(57-25-11-5-12-26-57)85-80(87-81)60-28-19-27-58(49-60)54-39-42-62(43-40-54)89-74-34-18-16-32-67(74)82-66-31-15-17-33-73(66)88(61-29-13-6-14-30-61)75-35-20-36-76(89)77(75)82/h3-51H,1-2H3. The number of aromatic nitrogens is 6. The van der Waals surface area contributed by atoms with E-state index in [1.54, 1.807) is 0 Å². The van der Waals surface area contributed by atoms with Crippen molar-refractivity contribution in [3.63, 3.8) is 0 Å². The van der Waals surface area contributed by atoms with Gasteiger partial charge in [-0.2, -0.15) is 0 Å². The van der Waals surface area contributed by atoms with Gasteiger partial charge in [-0.05, 0) is 138 Å². The van der Waals surface area contributed by atoms with E-state index in [0.29, 0.717) is 23.3 Å². The minimum atomic E-state index is 0.0673. The van der Waals surface area contributed by atoms with Gasteiger partial charge < -0.3 is 14.4 Å². The molecule has 0 aliphatic carbocycles. The molecule has 15 aromatic rings. The molecule has 12 aromatic carbocycles. The Labute approximate surface area is 522 Å². The lowest BCUT2D eigenvalue weighted by atomic mass is 9.33. The Hall–Kier alpha value is -11.8. The molecule has 17 rings (SSSR count). The number of nitrogens with zero attached hydrogens (tertiary/aromatic N) is 8. The van der Waals surface area contributed by atoms with Gasteiger partial charge in [0, 0.05) is 78.3 Å². The summed E-state index contributed by atoms with van der Waals surface area (Å²) in [7, 11) is 0. The molecular weight excluding hydrogens is 1100 g/mol. The molecule has 422 valence electrons. The first-order valence-electron chi connectivity index (χ1n) is 30.6. The molecule has 2 aliphatic heterocycles. The molecule has 0 unspecified atom stereocenters. The molecule has 3 aromatic heterocycles. The Kier molecular flexibility index (Phi) is 12.6. The molecule has 90 heavy (non-hydrogen) atoms. The first-order chi connectivity index (χ1) is 44.4. The van der Waals surface area contributed by atoms with E-state index in [1.807, 2.05) is 54.6 Å². The summed E-state index contributed by atoms with van der Waals surface area (Å²) < 4.78 is 2.37. The van der Waals surface area contributed by atoms with Gasteiger partial charge >= 0.3 is 0 Å². The first-order valence-corrected chi connectivity index (χ1v) is 30.6. The zero-order valence-corrected chi connectivity index (χ0v) is 49.4. The SMILES string of the molecule is Cc1ccc2c(c1)c1cc(C)ccc1n2-c1ccc(-c2cc(-c3ccccc3)nc(-c3ccccc3)n2)cc1-c1nc(-c2ccccc2)nc(-c2cccc(-c3ccc(N4c5ccccc5B5c6ccccc6N(c6ccccc6)c6cccc4c65)cc3)c2)n1. The molecule has 0 saturated carbocycles. The largest absolute Gasteiger partial charge is 0.311 e. The molecule has 9 heteroatoms. The van der Waals surface area contributed by atoms with Crippen molar-refractivity contribution in [2.24, 2.45) is 0 Å². The Morgan fingerprint density at radius 3 is 1.32 bits per heavy atom. The minimum Gasteiger partial charge on any atom is -0.311 e. The molecule has 0 spiro atoms. The van der Waals surface area contributed by atoms with Crippen LogP contribution in [-0.2, 0) is 0 Å². The topological polar surface area (TPSA) is 75.9 Å². The van der Waals surface area contributed by atoms with Crippen molar-refractivity contribution >= 4 is 79.0 Å². The average Bonchev–Trinajstić information content (AvgIpc) is 0.740. The lowest BCUT2D eigenvalue weighted by molar-refractivity contribution is 1.06. The highest BCUT2D eigenvalue weighted by atomic mass is 15.2. The van der Waals surface area contributed by atoms with Crippen LogP contribution in [0.1, 0.15) is 11.1 Å². The number of benzene rings is 12. The van der Waals surface area contributed by atoms with Gasteiger partial charge in [0.05, 0.1) is 28.1 Å². The van der Waals surface area contributed by atoms with Crippen molar-refractivity contribution < 1.29 is 0 Å². The van der Waals surface area contributed by atoms with Crippen LogP contribution in [0, 0.1) is 13.8 Å². The fourth-order valence-electron chi connectivity index (χ4n) is 13.6. The van der Waals surface area contributed by atoms with Crippen molar-refractivity contribution in [3.8, 4) is 84.9 Å². The van der Waals surface area contributed by atoms with E-state index in [1.165, 1.54) is 61.0 Å². The summed E-state index contributed by atoms with van der Waals surface area (Å²) >= 11 is 0. The quantitative estimate of drug-likeness (QED) is 0.126. The molecule has 8 nitrogen and oxygen atoms in total. The third-order valence-electron chi connectivity index (χ3n) is 17.7. The molecule has 5 heterocycles. The summed E-state index contributed by atoms with van der Waals surface area (Å²) in [5.41, 5.74) is 25.4. The highest BCUT2D eigenvalue weighted by molar-refractivity contribution is 7.00. The second kappa shape index (κ2) is 21.6. The summed E-state index contributed by atoms with van der Waals surface area (Å²) in [6, 6.07) is 106. The summed E-state index contributed by atoms with van der Waals surface area (Å²) in [5.74, 6) is 2.29. The molecule has 0 saturated heterocycles. The number of para-hydroxylation sites is 3. The lowest BCUT2D eigenvalue weighted by Gasteiger charge is -2.44. The summed E-state index contributed by atoms with van der Waals surface area (Å²) in [5, 5.41) is 2.36. The van der Waals surface area contributed by atoms with Crippen LogP contribution in [0.4, 0.5) is 34.1 Å². The minimum absolute atomic E-state index is 0.0673. The highest BCUT2D eigenvalue weighted by Gasteiger charge is 2.43. The van der Waals surface area contributed by atoms with Gasteiger partial charge in [-0.3, -0.25) is 0 Å². The van der Waals surface area contributed by atoms with Crippen molar-refractivity contribution in [2.75, 3.05) is 9.80 Å². The van der Waals surface area contributed by atoms with Crippen LogP contribution in [0.2, 0.25) is 0 Å². The van der Waals surface area contributed by atoms with Crippen LogP contribution in [0.5, 0.6) is 0 Å². The number of fused-ring (bicyclic) bond motifs is 7. The van der Waals surface area contributed by atoms with Gasteiger partial charge in [-0.15, -0.1) is 0 Å². The predicted molar refractivity (Wildman–Crippen MR) is 371 cm³/mol. The molecule has 0 radical (unpaired) electrons. The van der Waals surface area contributed by atoms with E-state index in [9.17, 15) is 0 Å². The molecule has 0 N–H and O–H groups in total. The predicted octanol–water partition coefficient (Wildman–Crippen LogP) is 18.1. The smallest absolute Gasteiger partial charge is 0.252 e. The van der Waals surface area contributed by atoms with Gasteiger partial charge in [-0.25, -0.2) is 24.9 Å². The lowest BCUT2D eigenvalue weighted by Crippen LogP contribution is -2.61. The van der Waals surface area contributed by atoms with Crippen molar-refractivity contribution in [3.05, 3.63) is 308 Å². The molecule has 0 bridgehead atoms. The second-order valence-electron chi connectivity index (χ2n) is 23.4. The van der Waals surface area contributed by atoms with E-state index in [0.717, 1.165) is 84.0 Å². The van der Waals surface area contributed by atoms with Crippen LogP contribution in [0.3, 0.4) is 0 Å². The van der Waals surface area contributed by atoms with Crippen molar-refractivity contribution in [2.45, 2.75) is 13.8 Å². The number of aryl methyl sites for hydroxylation is 2. The zero-order valence-electron chi connectivity index (χ0n) is 49.4. The number of rotatable bonds is 10. The Morgan fingerprint density at radius 2 is 0.722 bits per heavy atom. The molecule has 0 atom stereocenters. The summed E-state index contributed by atoms with van der Waals surface area (Å²) in [6.45, 7) is 4.39. The van der Waals surface area contributed by atoms with Crippen LogP contribution >= 0.6 is 0 Å². The normalized spacial score (nSPS) is 12.3. The summed E-state index contributed by atoms with van der Waals surface area (Å²) in [6.07, 6.45) is 0. The van der Waals surface area contributed by atoms with E-state index < -0.39 is 0 Å². The molecule has 0 amide bonds. The number of hydrogen-bond acceptors (Lipinski definition) is 7. The van der Waals surface area contributed by atoms with Gasteiger partial charge in [0.25, 0.3) is 6.71 Å². The summed E-state index contributed by atoms with van der Waals surface area (Å²) in [4.78, 5) is 31.7. The van der Waals surface area contributed by atoms with Gasteiger partial charge in [0.15, 0.2) is 23.3 Å². The van der Waals surface area contributed by atoms with Gasteiger partial charge in [0.1, 0.15) is 0 Å². The molecule has 0 fully saturated rings. The Morgan fingerprint density at radius 1 is 0.278 bits per heavy atom. The highest BCUT2D eigenvalue weighted by Crippen LogP contribution is 2.45. The zero-order chi connectivity index (χ0) is 59.8. The van der Waals surface area contributed by atoms with Crippen LogP contribution < -0.4 is 26.2 Å². The average molecular weight is 1150 g/mol.